The van der Waals surface area contributed by atoms with E-state index in [4.69, 9.17) is 9.47 Å². The van der Waals surface area contributed by atoms with E-state index >= 15 is 0 Å². The van der Waals surface area contributed by atoms with Gasteiger partial charge in [0.25, 0.3) is 0 Å². The van der Waals surface area contributed by atoms with Crippen LogP contribution in [-0.4, -0.2) is 67.4 Å². The highest BCUT2D eigenvalue weighted by Gasteiger charge is 2.43. The van der Waals surface area contributed by atoms with Gasteiger partial charge in [-0.05, 0) is 43.4 Å². The summed E-state index contributed by atoms with van der Waals surface area (Å²) >= 11 is 0. The van der Waals surface area contributed by atoms with Gasteiger partial charge in [0.1, 0.15) is 12.4 Å². The van der Waals surface area contributed by atoms with E-state index in [0.29, 0.717) is 13.2 Å². The normalized spacial score (nSPS) is 22.0. The number of hydrogen-bond acceptors (Lipinski definition) is 4. The van der Waals surface area contributed by atoms with Gasteiger partial charge in [0.05, 0.1) is 13.2 Å². The highest BCUT2D eigenvalue weighted by Crippen LogP contribution is 2.41. The van der Waals surface area contributed by atoms with Crippen LogP contribution in [0.15, 0.2) is 24.3 Å². The minimum atomic E-state index is 0.100. The zero-order valence-corrected chi connectivity index (χ0v) is 17.5. The molecule has 6 heteroatoms. The van der Waals surface area contributed by atoms with Crippen molar-refractivity contribution in [3.63, 3.8) is 0 Å². The summed E-state index contributed by atoms with van der Waals surface area (Å²) in [4.78, 5) is 17.4. The molecule has 1 N–H and O–H groups in total. The molecule has 2 aliphatic heterocycles. The minimum absolute atomic E-state index is 0.100. The minimum Gasteiger partial charge on any atom is -0.492 e. The smallest absolute Gasteiger partial charge is 0.318 e. The molecule has 4 rings (SSSR count). The van der Waals surface area contributed by atoms with Crippen molar-refractivity contribution in [2.75, 3.05) is 46.0 Å². The van der Waals surface area contributed by atoms with Gasteiger partial charge in [-0.3, -0.25) is 4.90 Å². The maximum absolute atomic E-state index is 12.9. The largest absolute Gasteiger partial charge is 0.492 e. The number of morpholine rings is 1. The number of hydrogen-bond donors (Lipinski definition) is 1. The molecule has 0 aromatic heterocycles. The van der Waals surface area contributed by atoms with Gasteiger partial charge in [-0.15, -0.1) is 0 Å². The van der Waals surface area contributed by atoms with Crippen LogP contribution in [0.2, 0.25) is 0 Å². The molecule has 160 valence electrons. The van der Waals surface area contributed by atoms with E-state index in [2.05, 4.69) is 21.2 Å². The molecule has 2 amide bonds. The molecule has 1 aromatic rings. The lowest BCUT2D eigenvalue weighted by molar-refractivity contribution is 0.0322. The second kappa shape index (κ2) is 9.81. The number of benzene rings is 1. The summed E-state index contributed by atoms with van der Waals surface area (Å²) in [5, 5.41) is 3.16. The molecular weight excluding hydrogens is 366 g/mol. The predicted molar refractivity (Wildman–Crippen MR) is 113 cm³/mol. The number of nitrogens with one attached hydrogen (secondary N) is 1. The van der Waals surface area contributed by atoms with Crippen molar-refractivity contribution in [2.24, 2.45) is 0 Å². The Morgan fingerprint density at radius 1 is 1.07 bits per heavy atom. The second-order valence-corrected chi connectivity index (χ2v) is 8.65. The first kappa shape index (κ1) is 20.5. The first-order valence-electron chi connectivity index (χ1n) is 11.3. The first-order chi connectivity index (χ1) is 14.3. The standard InChI is InChI=1S/C23H35N3O3/c27-22(26-11-5-10-23(26)8-2-1-3-9-23)24-19-20-6-4-7-21(18-20)29-17-14-25-12-15-28-16-13-25/h4,6-7,18H,1-3,5,8-17,19H2,(H,24,27). The van der Waals surface area contributed by atoms with Gasteiger partial charge in [-0.2, -0.15) is 0 Å². The van der Waals surface area contributed by atoms with E-state index < -0.39 is 0 Å². The Morgan fingerprint density at radius 2 is 1.86 bits per heavy atom. The Balaban J connectivity index is 1.25. The molecule has 1 aromatic carbocycles. The van der Waals surface area contributed by atoms with Crippen LogP contribution in [0.1, 0.15) is 50.5 Å². The third-order valence-corrected chi connectivity index (χ3v) is 6.75. The predicted octanol–water partition coefficient (Wildman–Crippen LogP) is 3.41. The van der Waals surface area contributed by atoms with Crippen molar-refractivity contribution in [1.82, 2.24) is 15.1 Å². The van der Waals surface area contributed by atoms with Crippen LogP contribution >= 0.6 is 0 Å². The highest BCUT2D eigenvalue weighted by atomic mass is 16.5. The fraction of sp³-hybridized carbons (Fsp3) is 0.696. The number of carbonyl (C=O) groups is 1. The summed E-state index contributed by atoms with van der Waals surface area (Å²) in [6.07, 6.45) is 8.49. The summed E-state index contributed by atoms with van der Waals surface area (Å²) in [5.41, 5.74) is 1.21. The molecule has 1 saturated carbocycles. The second-order valence-electron chi connectivity index (χ2n) is 8.65. The van der Waals surface area contributed by atoms with E-state index in [0.717, 1.165) is 57.1 Å². The molecule has 0 atom stereocenters. The average molecular weight is 402 g/mol. The quantitative estimate of drug-likeness (QED) is 0.794. The monoisotopic (exact) mass is 401 g/mol. The lowest BCUT2D eigenvalue weighted by atomic mass is 9.80. The molecule has 0 bridgehead atoms. The molecule has 2 heterocycles. The molecule has 6 nitrogen and oxygen atoms in total. The van der Waals surface area contributed by atoms with Crippen LogP contribution in [0.3, 0.4) is 0 Å². The zero-order chi connectivity index (χ0) is 19.9. The van der Waals surface area contributed by atoms with E-state index in [-0.39, 0.29) is 11.6 Å². The molecule has 2 saturated heterocycles. The summed E-state index contributed by atoms with van der Waals surface area (Å²) in [6, 6.07) is 8.18. The molecule has 0 radical (unpaired) electrons. The Bertz CT molecular complexity index is 669. The van der Waals surface area contributed by atoms with Crippen molar-refractivity contribution in [3.05, 3.63) is 29.8 Å². The summed E-state index contributed by atoms with van der Waals surface area (Å²) in [5.74, 6) is 0.870. The lowest BCUT2D eigenvalue weighted by Gasteiger charge is -2.41. The van der Waals surface area contributed by atoms with Gasteiger partial charge in [-0.25, -0.2) is 4.79 Å². The van der Waals surface area contributed by atoms with E-state index in [1.54, 1.807) is 0 Å². The SMILES string of the molecule is O=C(NCc1cccc(OCCN2CCOCC2)c1)N1CCCC12CCCCC2. The van der Waals surface area contributed by atoms with Crippen molar-refractivity contribution in [3.8, 4) is 5.75 Å². The van der Waals surface area contributed by atoms with Gasteiger partial charge in [0.15, 0.2) is 0 Å². The van der Waals surface area contributed by atoms with Gasteiger partial charge in [-0.1, -0.05) is 31.4 Å². The van der Waals surface area contributed by atoms with Crippen LogP contribution in [0.4, 0.5) is 4.79 Å². The number of carbonyl (C=O) groups excluding carboxylic acids is 1. The fourth-order valence-corrected chi connectivity index (χ4v) is 5.12. The van der Waals surface area contributed by atoms with Crippen LogP contribution < -0.4 is 10.1 Å². The third kappa shape index (κ3) is 5.23. The van der Waals surface area contributed by atoms with Crippen LogP contribution in [0, 0.1) is 0 Å². The number of ether oxygens (including phenoxy) is 2. The number of nitrogens with zero attached hydrogens (tertiary/aromatic N) is 2. The Hall–Kier alpha value is -1.79. The van der Waals surface area contributed by atoms with Crippen molar-refractivity contribution in [1.29, 1.82) is 0 Å². The number of urea groups is 1. The molecule has 29 heavy (non-hydrogen) atoms. The van der Waals surface area contributed by atoms with E-state index in [9.17, 15) is 4.79 Å². The molecule has 1 spiro atoms. The average Bonchev–Trinajstić information content (AvgIpc) is 3.16. The molecule has 3 fully saturated rings. The van der Waals surface area contributed by atoms with Crippen molar-refractivity contribution >= 4 is 6.03 Å². The third-order valence-electron chi connectivity index (χ3n) is 6.75. The first-order valence-corrected chi connectivity index (χ1v) is 11.3. The van der Waals surface area contributed by atoms with Crippen molar-refractivity contribution < 1.29 is 14.3 Å². The number of rotatable bonds is 6. The number of likely N-dealkylation sites (tertiary alicyclic amines) is 1. The van der Waals surface area contributed by atoms with Gasteiger partial charge >= 0.3 is 6.03 Å². The molecule has 0 unspecified atom stereocenters. The summed E-state index contributed by atoms with van der Waals surface area (Å²) in [7, 11) is 0. The Labute approximate surface area is 174 Å². The fourth-order valence-electron chi connectivity index (χ4n) is 5.12. The van der Waals surface area contributed by atoms with E-state index in [1.165, 1.54) is 38.5 Å². The van der Waals surface area contributed by atoms with Crippen LogP contribution in [-0.2, 0) is 11.3 Å². The lowest BCUT2D eigenvalue weighted by Crippen LogP contribution is -2.52. The Kier molecular flexibility index (Phi) is 6.93. The topological polar surface area (TPSA) is 54.0 Å². The van der Waals surface area contributed by atoms with Crippen LogP contribution in [0.25, 0.3) is 0 Å². The maximum atomic E-state index is 12.9. The zero-order valence-electron chi connectivity index (χ0n) is 17.5. The number of amides is 2. The van der Waals surface area contributed by atoms with Gasteiger partial charge in [0, 0.05) is 38.3 Å². The summed E-state index contributed by atoms with van der Waals surface area (Å²) in [6.45, 7) is 6.62. The Morgan fingerprint density at radius 3 is 2.69 bits per heavy atom. The van der Waals surface area contributed by atoms with Gasteiger partial charge < -0.3 is 19.7 Å². The van der Waals surface area contributed by atoms with E-state index in [1.807, 2.05) is 18.2 Å². The van der Waals surface area contributed by atoms with Crippen molar-refractivity contribution in [2.45, 2.75) is 57.0 Å². The summed E-state index contributed by atoms with van der Waals surface area (Å²) < 4.78 is 11.3. The molecule has 3 aliphatic rings. The van der Waals surface area contributed by atoms with Crippen LogP contribution in [0.5, 0.6) is 5.75 Å². The van der Waals surface area contributed by atoms with Gasteiger partial charge in [0.2, 0.25) is 0 Å². The molecular formula is C23H35N3O3. The maximum Gasteiger partial charge on any atom is 0.318 e. The highest BCUT2D eigenvalue weighted by molar-refractivity contribution is 5.75. The molecule has 1 aliphatic carbocycles.